The van der Waals surface area contributed by atoms with E-state index in [9.17, 15) is 5.11 Å². The standard InChI is InChI=1S/C29H40N4O/c1-6-12-25(34)20-33(8-3)29-21(4)28(23-13-10-9-11-14-23)32-27-16-15-24(19-26(27)29)22(5)31-18-17-30-7-2/h6,9-16,19,21,28-32,34H,1,5,7-8,17-18,20H2,2-4H3/b25-12-. The fraction of sp³-hybridized carbons (Fsp3) is 0.379. The number of aliphatic hydroxyl groups excluding tert-OH is 1. The van der Waals surface area contributed by atoms with Gasteiger partial charge in [-0.3, -0.25) is 4.90 Å². The smallest absolute Gasteiger partial charge is 0.106 e. The molecule has 2 aromatic carbocycles. The van der Waals surface area contributed by atoms with Crippen LogP contribution in [0.1, 0.15) is 49.5 Å². The van der Waals surface area contributed by atoms with Gasteiger partial charge in [0, 0.05) is 36.4 Å². The first kappa shape index (κ1) is 25.6. The van der Waals surface area contributed by atoms with Gasteiger partial charge in [-0.05, 0) is 48.0 Å². The van der Waals surface area contributed by atoms with Gasteiger partial charge in [-0.1, -0.05) is 76.4 Å². The Morgan fingerprint density at radius 1 is 1.15 bits per heavy atom. The molecular weight excluding hydrogens is 420 g/mol. The van der Waals surface area contributed by atoms with E-state index in [4.69, 9.17) is 0 Å². The van der Waals surface area contributed by atoms with Crippen molar-refractivity contribution < 1.29 is 5.11 Å². The van der Waals surface area contributed by atoms with Crippen molar-refractivity contribution in [3.05, 3.63) is 96.3 Å². The van der Waals surface area contributed by atoms with Crippen molar-refractivity contribution in [3.8, 4) is 0 Å². The molecule has 0 fully saturated rings. The van der Waals surface area contributed by atoms with Gasteiger partial charge in [0.05, 0.1) is 12.6 Å². The summed E-state index contributed by atoms with van der Waals surface area (Å²) in [5, 5.41) is 21.1. The number of anilines is 1. The van der Waals surface area contributed by atoms with E-state index in [0.717, 1.165) is 43.1 Å². The number of likely N-dealkylation sites (N-methyl/N-ethyl adjacent to an activating group) is 2. The van der Waals surface area contributed by atoms with Crippen LogP contribution in [0.5, 0.6) is 0 Å². The molecular formula is C29H40N4O. The number of aliphatic hydroxyl groups is 1. The second kappa shape index (κ2) is 12.4. The normalized spacial score (nSPS) is 19.9. The Hall–Kier alpha value is -3.02. The van der Waals surface area contributed by atoms with E-state index in [2.05, 4.69) is 103 Å². The van der Waals surface area contributed by atoms with Crippen molar-refractivity contribution in [1.82, 2.24) is 15.5 Å². The molecule has 182 valence electrons. The third-order valence-electron chi connectivity index (χ3n) is 6.58. The zero-order valence-electron chi connectivity index (χ0n) is 20.8. The highest BCUT2D eigenvalue weighted by Gasteiger charge is 2.37. The number of benzene rings is 2. The van der Waals surface area contributed by atoms with Crippen LogP contribution in [0.3, 0.4) is 0 Å². The molecule has 0 saturated heterocycles. The third kappa shape index (κ3) is 6.10. The number of hydrogen-bond donors (Lipinski definition) is 4. The fourth-order valence-electron chi connectivity index (χ4n) is 4.85. The van der Waals surface area contributed by atoms with Gasteiger partial charge >= 0.3 is 0 Å². The van der Waals surface area contributed by atoms with Crippen LogP contribution in [0.15, 0.2) is 79.6 Å². The minimum absolute atomic E-state index is 0.126. The molecule has 0 radical (unpaired) electrons. The number of rotatable bonds is 12. The lowest BCUT2D eigenvalue weighted by atomic mass is 9.79. The molecule has 5 heteroatoms. The second-order valence-corrected chi connectivity index (χ2v) is 8.85. The van der Waals surface area contributed by atoms with E-state index in [0.29, 0.717) is 12.3 Å². The Labute approximate surface area is 205 Å². The van der Waals surface area contributed by atoms with E-state index in [1.54, 1.807) is 12.2 Å². The molecule has 1 aliphatic rings. The minimum atomic E-state index is 0.126. The Bertz CT molecular complexity index is 985. The summed E-state index contributed by atoms with van der Waals surface area (Å²) in [4.78, 5) is 2.35. The van der Waals surface area contributed by atoms with Crippen LogP contribution >= 0.6 is 0 Å². The van der Waals surface area contributed by atoms with Crippen LogP contribution in [0.4, 0.5) is 5.69 Å². The quantitative estimate of drug-likeness (QED) is 0.187. The van der Waals surface area contributed by atoms with Crippen molar-refractivity contribution >= 4 is 11.4 Å². The maximum Gasteiger partial charge on any atom is 0.106 e. The zero-order chi connectivity index (χ0) is 24.5. The number of fused-ring (bicyclic) bond motifs is 1. The molecule has 3 rings (SSSR count). The average molecular weight is 461 g/mol. The maximum absolute atomic E-state index is 10.5. The molecule has 0 aromatic heterocycles. The minimum Gasteiger partial charge on any atom is -0.511 e. The van der Waals surface area contributed by atoms with Crippen LogP contribution in [0.25, 0.3) is 5.70 Å². The molecule has 34 heavy (non-hydrogen) atoms. The largest absolute Gasteiger partial charge is 0.511 e. The molecule has 3 unspecified atom stereocenters. The molecule has 3 atom stereocenters. The van der Waals surface area contributed by atoms with Crippen molar-refractivity contribution in [2.45, 2.75) is 32.9 Å². The molecule has 0 spiro atoms. The Morgan fingerprint density at radius 2 is 1.91 bits per heavy atom. The van der Waals surface area contributed by atoms with E-state index in [-0.39, 0.29) is 18.0 Å². The summed E-state index contributed by atoms with van der Waals surface area (Å²) in [6.07, 6.45) is 3.31. The molecule has 0 aliphatic carbocycles. The summed E-state index contributed by atoms with van der Waals surface area (Å²) in [5.41, 5.74) is 5.65. The van der Waals surface area contributed by atoms with Gasteiger partial charge < -0.3 is 21.1 Å². The number of nitrogens with one attached hydrogen (secondary N) is 3. The van der Waals surface area contributed by atoms with Gasteiger partial charge in [0.2, 0.25) is 0 Å². The summed E-state index contributed by atoms with van der Waals surface area (Å²) < 4.78 is 0. The molecule has 0 bridgehead atoms. The highest BCUT2D eigenvalue weighted by molar-refractivity contribution is 5.68. The third-order valence-corrected chi connectivity index (χ3v) is 6.58. The van der Waals surface area contributed by atoms with E-state index in [1.807, 2.05) is 0 Å². The van der Waals surface area contributed by atoms with Crippen molar-refractivity contribution in [2.24, 2.45) is 5.92 Å². The summed E-state index contributed by atoms with van der Waals surface area (Å²) in [5.74, 6) is 0.600. The van der Waals surface area contributed by atoms with Crippen molar-refractivity contribution in [2.75, 3.05) is 38.0 Å². The van der Waals surface area contributed by atoms with Gasteiger partial charge in [0.15, 0.2) is 0 Å². The lowest BCUT2D eigenvalue weighted by molar-refractivity contribution is 0.135. The van der Waals surface area contributed by atoms with E-state index < -0.39 is 0 Å². The molecule has 1 aliphatic heterocycles. The SMILES string of the molecule is C=C/C=C(\O)CN(CC)C1c2cc(C(=C)NCCNCC)ccc2NC(c2ccccc2)C1C. The molecule has 1 heterocycles. The first-order chi connectivity index (χ1) is 16.5. The highest BCUT2D eigenvalue weighted by Crippen LogP contribution is 2.46. The monoisotopic (exact) mass is 460 g/mol. The zero-order valence-corrected chi connectivity index (χ0v) is 20.8. The van der Waals surface area contributed by atoms with E-state index in [1.165, 1.54) is 11.1 Å². The average Bonchev–Trinajstić information content (AvgIpc) is 2.85. The summed E-state index contributed by atoms with van der Waals surface area (Å²) in [7, 11) is 0. The van der Waals surface area contributed by atoms with Gasteiger partial charge in [-0.15, -0.1) is 0 Å². The van der Waals surface area contributed by atoms with Crippen LogP contribution < -0.4 is 16.0 Å². The van der Waals surface area contributed by atoms with E-state index >= 15 is 0 Å². The van der Waals surface area contributed by atoms with Crippen LogP contribution in [-0.4, -0.2) is 42.7 Å². The van der Waals surface area contributed by atoms with Crippen LogP contribution in [0.2, 0.25) is 0 Å². The van der Waals surface area contributed by atoms with Crippen molar-refractivity contribution in [1.29, 1.82) is 0 Å². The van der Waals surface area contributed by atoms with Gasteiger partial charge in [0.1, 0.15) is 5.76 Å². The Balaban J connectivity index is 1.97. The number of nitrogens with zero attached hydrogens (tertiary/aromatic N) is 1. The molecule has 4 N–H and O–H groups in total. The topological polar surface area (TPSA) is 59.6 Å². The Kier molecular flexibility index (Phi) is 9.37. The predicted molar refractivity (Wildman–Crippen MR) is 145 cm³/mol. The summed E-state index contributed by atoms with van der Waals surface area (Å²) in [6, 6.07) is 17.5. The number of allylic oxidation sites excluding steroid dienone is 2. The highest BCUT2D eigenvalue weighted by atomic mass is 16.3. The van der Waals surface area contributed by atoms with Gasteiger partial charge in [-0.2, -0.15) is 0 Å². The first-order valence-corrected chi connectivity index (χ1v) is 12.3. The first-order valence-electron chi connectivity index (χ1n) is 12.3. The Morgan fingerprint density at radius 3 is 2.59 bits per heavy atom. The maximum atomic E-state index is 10.5. The lowest BCUT2D eigenvalue weighted by Crippen LogP contribution is -2.41. The molecule has 5 nitrogen and oxygen atoms in total. The molecule has 0 amide bonds. The lowest BCUT2D eigenvalue weighted by Gasteiger charge is -2.44. The second-order valence-electron chi connectivity index (χ2n) is 8.85. The van der Waals surface area contributed by atoms with Crippen LogP contribution in [0, 0.1) is 5.92 Å². The summed E-state index contributed by atoms with van der Waals surface area (Å²) >= 11 is 0. The fourth-order valence-corrected chi connectivity index (χ4v) is 4.85. The van der Waals surface area contributed by atoms with Gasteiger partial charge in [0.25, 0.3) is 0 Å². The predicted octanol–water partition coefficient (Wildman–Crippen LogP) is 5.65. The molecule has 0 saturated carbocycles. The van der Waals surface area contributed by atoms with Crippen LogP contribution in [-0.2, 0) is 0 Å². The summed E-state index contributed by atoms with van der Waals surface area (Å²) in [6.45, 7) is 18.6. The van der Waals surface area contributed by atoms with Crippen molar-refractivity contribution in [3.63, 3.8) is 0 Å². The van der Waals surface area contributed by atoms with Gasteiger partial charge in [-0.25, -0.2) is 0 Å². The number of hydrogen-bond acceptors (Lipinski definition) is 5. The molecule has 2 aromatic rings.